The Labute approximate surface area is 153 Å². The van der Waals surface area contributed by atoms with E-state index in [2.05, 4.69) is 58.4 Å². The van der Waals surface area contributed by atoms with Gasteiger partial charge in [0.05, 0.1) is 6.54 Å². The first-order valence-corrected chi connectivity index (χ1v) is 9.08. The molecule has 1 aliphatic heterocycles. The predicted octanol–water partition coefficient (Wildman–Crippen LogP) is 2.90. The van der Waals surface area contributed by atoms with Crippen molar-refractivity contribution in [2.45, 2.75) is 31.8 Å². The van der Waals surface area contributed by atoms with Crippen LogP contribution in [0.2, 0.25) is 0 Å². The summed E-state index contributed by atoms with van der Waals surface area (Å²) < 4.78 is 5.47. The van der Waals surface area contributed by atoms with Crippen LogP contribution < -0.4 is 5.73 Å². The van der Waals surface area contributed by atoms with Crippen LogP contribution in [-0.2, 0) is 13.0 Å². The number of likely N-dealkylation sites (tertiary alicyclic amines) is 1. The van der Waals surface area contributed by atoms with E-state index in [9.17, 15) is 0 Å². The van der Waals surface area contributed by atoms with Crippen molar-refractivity contribution < 1.29 is 4.52 Å². The molecular weight excluding hydrogens is 324 g/mol. The quantitative estimate of drug-likeness (QED) is 0.768. The Morgan fingerprint density at radius 1 is 1.08 bits per heavy atom. The van der Waals surface area contributed by atoms with Crippen molar-refractivity contribution in [2.24, 2.45) is 5.73 Å². The van der Waals surface area contributed by atoms with Crippen LogP contribution in [0.3, 0.4) is 0 Å². The normalized spacial score (nSPS) is 20.5. The average molecular weight is 348 g/mol. The van der Waals surface area contributed by atoms with Gasteiger partial charge in [-0.15, -0.1) is 0 Å². The third-order valence-corrected chi connectivity index (χ3v) is 5.15. The maximum absolute atomic E-state index is 6.37. The topological polar surface area (TPSA) is 68.2 Å². The second kappa shape index (κ2) is 7.40. The van der Waals surface area contributed by atoms with Gasteiger partial charge in [0.15, 0.2) is 5.82 Å². The molecule has 0 spiro atoms. The molecule has 1 saturated heterocycles. The third kappa shape index (κ3) is 3.69. The van der Waals surface area contributed by atoms with Gasteiger partial charge in [0.2, 0.25) is 5.89 Å². The van der Waals surface area contributed by atoms with Gasteiger partial charge in [0.25, 0.3) is 0 Å². The fourth-order valence-corrected chi connectivity index (χ4v) is 3.69. The van der Waals surface area contributed by atoms with Gasteiger partial charge < -0.3 is 10.3 Å². The first-order chi connectivity index (χ1) is 12.7. The Kier molecular flexibility index (Phi) is 4.82. The van der Waals surface area contributed by atoms with Gasteiger partial charge in [0.1, 0.15) is 0 Å². The lowest BCUT2D eigenvalue weighted by molar-refractivity contribution is 0.263. The lowest BCUT2D eigenvalue weighted by atomic mass is 9.95. The van der Waals surface area contributed by atoms with Gasteiger partial charge in [0, 0.05) is 31.5 Å². The molecule has 0 radical (unpaired) electrons. The minimum Gasteiger partial charge on any atom is -0.338 e. The third-order valence-electron chi connectivity index (χ3n) is 5.15. The molecule has 1 aliphatic rings. The summed E-state index contributed by atoms with van der Waals surface area (Å²) in [5.74, 6) is 1.75. The molecule has 134 valence electrons. The van der Waals surface area contributed by atoms with E-state index in [1.807, 2.05) is 18.2 Å². The van der Waals surface area contributed by atoms with E-state index in [1.165, 1.54) is 16.7 Å². The Hall–Kier alpha value is -2.50. The molecule has 2 atom stereocenters. The fourth-order valence-electron chi connectivity index (χ4n) is 3.69. The van der Waals surface area contributed by atoms with Gasteiger partial charge in [-0.2, -0.15) is 4.98 Å². The van der Waals surface area contributed by atoms with Crippen LogP contribution in [0.4, 0.5) is 0 Å². The number of aromatic nitrogens is 2. The fraction of sp³-hybridized carbons (Fsp3) is 0.333. The molecule has 5 heteroatoms. The number of hydrogen-bond acceptors (Lipinski definition) is 5. The van der Waals surface area contributed by atoms with Crippen LogP contribution >= 0.6 is 0 Å². The lowest BCUT2D eigenvalue weighted by Gasteiger charge is -2.14. The number of aryl methyl sites for hydroxylation is 1. The molecule has 0 aliphatic carbocycles. The highest BCUT2D eigenvalue weighted by molar-refractivity contribution is 5.28. The smallest absolute Gasteiger partial charge is 0.240 e. The van der Waals surface area contributed by atoms with Gasteiger partial charge in [-0.05, 0) is 23.6 Å². The molecule has 0 saturated carbocycles. The highest BCUT2D eigenvalue weighted by Gasteiger charge is 2.31. The highest BCUT2D eigenvalue weighted by Crippen LogP contribution is 2.27. The molecule has 0 unspecified atom stereocenters. The van der Waals surface area contributed by atoms with Gasteiger partial charge in [-0.25, -0.2) is 0 Å². The molecule has 3 aromatic rings. The number of nitrogens with two attached hydrogens (primary N) is 1. The molecule has 4 rings (SSSR count). The van der Waals surface area contributed by atoms with Crippen LogP contribution in [0.1, 0.15) is 34.3 Å². The molecule has 1 aromatic heterocycles. The molecule has 0 amide bonds. The molecule has 2 aromatic carbocycles. The Bertz CT molecular complexity index is 861. The van der Waals surface area contributed by atoms with Crippen LogP contribution in [0.5, 0.6) is 0 Å². The minimum absolute atomic E-state index is 0.131. The number of hydrogen-bond donors (Lipinski definition) is 1. The van der Waals surface area contributed by atoms with Crippen molar-refractivity contribution in [1.29, 1.82) is 0 Å². The molecule has 2 N–H and O–H groups in total. The largest absolute Gasteiger partial charge is 0.338 e. The molecular formula is C21H24N4O. The van der Waals surface area contributed by atoms with Gasteiger partial charge in [-0.1, -0.05) is 59.8 Å². The molecule has 26 heavy (non-hydrogen) atoms. The molecule has 2 heterocycles. The summed E-state index contributed by atoms with van der Waals surface area (Å²) in [6, 6.07) is 18.9. The maximum atomic E-state index is 6.37. The Balaban J connectivity index is 1.40. The summed E-state index contributed by atoms with van der Waals surface area (Å²) in [4.78, 5) is 6.87. The zero-order valence-corrected chi connectivity index (χ0v) is 15.0. The standard InChI is InChI=1S/C21H24N4O/c1-15-7-5-6-10-17(15)11-20-23-21(26-24-20)14-25-12-18(19(22)13-25)16-8-3-2-4-9-16/h2-10,18-19H,11-14,22H2,1H3/t18-,19+/m0/s1. The van der Waals surface area contributed by atoms with Crippen molar-refractivity contribution in [2.75, 3.05) is 13.1 Å². The van der Waals surface area contributed by atoms with Gasteiger partial charge >= 0.3 is 0 Å². The summed E-state index contributed by atoms with van der Waals surface area (Å²) in [6.07, 6.45) is 0.697. The minimum atomic E-state index is 0.131. The summed E-state index contributed by atoms with van der Waals surface area (Å²) >= 11 is 0. The SMILES string of the molecule is Cc1ccccc1Cc1noc(CN2C[C@@H](N)[C@H](c3ccccc3)C2)n1. The van der Waals surface area contributed by atoms with Crippen molar-refractivity contribution >= 4 is 0 Å². The lowest BCUT2D eigenvalue weighted by Crippen LogP contribution is -2.28. The summed E-state index contributed by atoms with van der Waals surface area (Å²) in [6.45, 7) is 4.51. The van der Waals surface area contributed by atoms with E-state index < -0.39 is 0 Å². The molecule has 0 bridgehead atoms. The second-order valence-electron chi connectivity index (χ2n) is 7.08. The van der Waals surface area contributed by atoms with Crippen LogP contribution in [0.15, 0.2) is 59.1 Å². The Morgan fingerprint density at radius 3 is 2.65 bits per heavy atom. The maximum Gasteiger partial charge on any atom is 0.240 e. The van der Waals surface area contributed by atoms with Crippen molar-refractivity contribution in [1.82, 2.24) is 15.0 Å². The van der Waals surface area contributed by atoms with E-state index in [0.717, 1.165) is 18.9 Å². The zero-order chi connectivity index (χ0) is 17.9. The number of rotatable bonds is 5. The highest BCUT2D eigenvalue weighted by atomic mass is 16.5. The number of nitrogens with zero attached hydrogens (tertiary/aromatic N) is 3. The van der Waals surface area contributed by atoms with E-state index in [-0.39, 0.29) is 6.04 Å². The van der Waals surface area contributed by atoms with Crippen LogP contribution in [0.25, 0.3) is 0 Å². The van der Waals surface area contributed by atoms with E-state index in [1.54, 1.807) is 0 Å². The summed E-state index contributed by atoms with van der Waals surface area (Å²) in [7, 11) is 0. The Morgan fingerprint density at radius 2 is 1.85 bits per heavy atom. The van der Waals surface area contributed by atoms with E-state index in [0.29, 0.717) is 24.8 Å². The first-order valence-electron chi connectivity index (χ1n) is 9.08. The van der Waals surface area contributed by atoms with Crippen molar-refractivity contribution in [3.05, 3.63) is 83.0 Å². The zero-order valence-electron chi connectivity index (χ0n) is 15.0. The average Bonchev–Trinajstić information content (AvgIpc) is 3.24. The van der Waals surface area contributed by atoms with Gasteiger partial charge in [-0.3, -0.25) is 4.90 Å². The summed E-state index contributed by atoms with van der Waals surface area (Å²) in [5.41, 5.74) is 10.1. The van der Waals surface area contributed by atoms with Crippen molar-refractivity contribution in [3.63, 3.8) is 0 Å². The second-order valence-corrected chi connectivity index (χ2v) is 7.08. The van der Waals surface area contributed by atoms with E-state index in [4.69, 9.17) is 10.3 Å². The molecule has 5 nitrogen and oxygen atoms in total. The molecule has 1 fully saturated rings. The van der Waals surface area contributed by atoms with Crippen molar-refractivity contribution in [3.8, 4) is 0 Å². The predicted molar refractivity (Wildman–Crippen MR) is 101 cm³/mol. The monoisotopic (exact) mass is 348 g/mol. The van der Waals surface area contributed by atoms with Crippen LogP contribution in [0, 0.1) is 6.92 Å². The van der Waals surface area contributed by atoms with E-state index >= 15 is 0 Å². The number of benzene rings is 2. The first kappa shape index (κ1) is 16.9. The van der Waals surface area contributed by atoms with Crippen LogP contribution in [-0.4, -0.2) is 34.2 Å². The summed E-state index contributed by atoms with van der Waals surface area (Å²) in [5, 5.41) is 4.15.